The lowest BCUT2D eigenvalue weighted by molar-refractivity contribution is -0.117. The highest BCUT2D eigenvalue weighted by atomic mass is 16.5. The van der Waals surface area contributed by atoms with E-state index >= 15 is 0 Å². The number of amides is 2. The van der Waals surface area contributed by atoms with Crippen LogP contribution in [0.25, 0.3) is 0 Å². The van der Waals surface area contributed by atoms with E-state index in [1.165, 1.54) is 0 Å². The number of hydrogen-bond acceptors (Lipinski definition) is 7. The van der Waals surface area contributed by atoms with Gasteiger partial charge in [-0.15, -0.1) is 0 Å². The summed E-state index contributed by atoms with van der Waals surface area (Å²) >= 11 is 0. The van der Waals surface area contributed by atoms with E-state index in [-0.39, 0.29) is 35.3 Å². The van der Waals surface area contributed by atoms with Crippen LogP contribution >= 0.6 is 0 Å². The molecule has 2 aliphatic rings. The molecule has 3 heterocycles. The SMILES string of the molecule is Cc1cc(NC(=O)CN2CCN(C(=O)c3oc4c(c3C)C(=O)CC(C)(C)C4)CC2)no1. The number of fused-ring (bicyclic) bond motifs is 1. The van der Waals surface area contributed by atoms with Crippen molar-refractivity contribution in [1.29, 1.82) is 0 Å². The molecule has 0 unspecified atom stereocenters. The number of aryl methyl sites for hydroxylation is 1. The summed E-state index contributed by atoms with van der Waals surface area (Å²) in [6.45, 7) is 9.94. The molecule has 9 nitrogen and oxygen atoms in total. The van der Waals surface area contributed by atoms with Crippen molar-refractivity contribution in [2.24, 2.45) is 5.41 Å². The van der Waals surface area contributed by atoms with Crippen LogP contribution in [0.1, 0.15) is 58.3 Å². The molecule has 1 fully saturated rings. The van der Waals surface area contributed by atoms with Crippen molar-refractivity contribution in [3.05, 3.63) is 34.5 Å². The number of hydrogen-bond donors (Lipinski definition) is 1. The lowest BCUT2D eigenvalue weighted by atomic mass is 9.76. The van der Waals surface area contributed by atoms with Crippen LogP contribution in [-0.4, -0.2) is 65.3 Å². The van der Waals surface area contributed by atoms with Crippen LogP contribution in [0.15, 0.2) is 15.0 Å². The number of piperazine rings is 1. The van der Waals surface area contributed by atoms with Crippen LogP contribution in [0.2, 0.25) is 0 Å². The van der Waals surface area contributed by atoms with Crippen molar-refractivity contribution >= 4 is 23.4 Å². The van der Waals surface area contributed by atoms with Crippen molar-refractivity contribution < 1.29 is 23.3 Å². The van der Waals surface area contributed by atoms with Gasteiger partial charge in [0.15, 0.2) is 17.4 Å². The highest BCUT2D eigenvalue weighted by molar-refractivity contribution is 6.03. The van der Waals surface area contributed by atoms with E-state index in [0.717, 1.165) is 0 Å². The Hall–Kier alpha value is -2.94. The average molecular weight is 428 g/mol. The molecule has 31 heavy (non-hydrogen) atoms. The summed E-state index contributed by atoms with van der Waals surface area (Å²) in [4.78, 5) is 41.6. The minimum Gasteiger partial charge on any atom is -0.455 e. The molecule has 4 rings (SSSR count). The van der Waals surface area contributed by atoms with Gasteiger partial charge < -0.3 is 19.2 Å². The van der Waals surface area contributed by atoms with Crippen LogP contribution < -0.4 is 5.32 Å². The van der Waals surface area contributed by atoms with Crippen LogP contribution in [-0.2, 0) is 11.2 Å². The Kier molecular flexibility index (Phi) is 5.47. The van der Waals surface area contributed by atoms with Gasteiger partial charge in [0.25, 0.3) is 5.91 Å². The van der Waals surface area contributed by atoms with Gasteiger partial charge in [-0.05, 0) is 19.3 Å². The van der Waals surface area contributed by atoms with Gasteiger partial charge in [-0.25, -0.2) is 0 Å². The standard InChI is InChI=1S/C22H28N4O5/c1-13-9-17(24-31-13)23-18(28)12-25-5-7-26(8-6-25)21(29)20-14(2)19-15(27)10-22(3,4)11-16(19)30-20/h9H,5-8,10-12H2,1-4H3,(H,23,24,28). The summed E-state index contributed by atoms with van der Waals surface area (Å²) in [5.41, 5.74) is 1.07. The van der Waals surface area contributed by atoms with E-state index in [0.29, 0.717) is 67.5 Å². The van der Waals surface area contributed by atoms with E-state index < -0.39 is 0 Å². The molecule has 0 atom stereocenters. The maximum atomic E-state index is 13.1. The minimum atomic E-state index is -0.195. The molecular weight excluding hydrogens is 400 g/mol. The number of nitrogens with zero attached hydrogens (tertiary/aromatic N) is 3. The maximum absolute atomic E-state index is 13.1. The highest BCUT2D eigenvalue weighted by Crippen LogP contribution is 2.38. The Morgan fingerprint density at radius 3 is 2.52 bits per heavy atom. The number of ketones is 1. The molecule has 9 heteroatoms. The van der Waals surface area contributed by atoms with Crippen molar-refractivity contribution in [2.75, 3.05) is 38.0 Å². The minimum absolute atomic E-state index is 0.0460. The van der Waals surface area contributed by atoms with Gasteiger partial charge in [0.1, 0.15) is 11.5 Å². The molecule has 0 spiro atoms. The molecule has 0 aromatic carbocycles. The van der Waals surface area contributed by atoms with Gasteiger partial charge in [0.2, 0.25) is 5.91 Å². The van der Waals surface area contributed by atoms with Crippen LogP contribution in [0.4, 0.5) is 5.82 Å². The third-order valence-corrected chi connectivity index (χ3v) is 5.89. The molecule has 0 saturated carbocycles. The maximum Gasteiger partial charge on any atom is 0.289 e. The second-order valence-electron chi connectivity index (χ2n) is 9.23. The van der Waals surface area contributed by atoms with E-state index in [1.807, 2.05) is 18.7 Å². The van der Waals surface area contributed by atoms with Gasteiger partial charge in [-0.3, -0.25) is 19.3 Å². The Morgan fingerprint density at radius 2 is 1.87 bits per heavy atom. The Bertz CT molecular complexity index is 1030. The molecule has 1 aliphatic heterocycles. The molecule has 1 aliphatic carbocycles. The number of anilines is 1. The molecule has 2 aromatic heterocycles. The lowest BCUT2D eigenvalue weighted by Crippen LogP contribution is -2.50. The summed E-state index contributed by atoms with van der Waals surface area (Å²) < 4.78 is 10.9. The van der Waals surface area contributed by atoms with E-state index in [1.54, 1.807) is 24.8 Å². The molecule has 166 valence electrons. The monoisotopic (exact) mass is 428 g/mol. The Morgan fingerprint density at radius 1 is 1.16 bits per heavy atom. The Labute approximate surface area is 180 Å². The third kappa shape index (κ3) is 4.41. The number of furan rings is 1. The zero-order chi connectivity index (χ0) is 22.3. The first-order valence-corrected chi connectivity index (χ1v) is 10.5. The molecule has 1 saturated heterocycles. The largest absolute Gasteiger partial charge is 0.455 e. The van der Waals surface area contributed by atoms with Crippen LogP contribution in [0.5, 0.6) is 0 Å². The van der Waals surface area contributed by atoms with Gasteiger partial charge >= 0.3 is 0 Å². The molecular formula is C22H28N4O5. The number of carbonyl (C=O) groups excluding carboxylic acids is 3. The van der Waals surface area contributed by atoms with Gasteiger partial charge in [0.05, 0.1) is 12.1 Å². The van der Waals surface area contributed by atoms with Crippen molar-refractivity contribution in [3.63, 3.8) is 0 Å². The zero-order valence-electron chi connectivity index (χ0n) is 18.4. The molecule has 2 aromatic rings. The fourth-order valence-electron chi connectivity index (χ4n) is 4.35. The fraction of sp³-hybridized carbons (Fsp3) is 0.545. The Balaban J connectivity index is 1.36. The number of Topliss-reactive ketones (excluding diaryl/α,β-unsaturated/α-hetero) is 1. The fourth-order valence-corrected chi connectivity index (χ4v) is 4.35. The van der Waals surface area contributed by atoms with Crippen molar-refractivity contribution in [3.8, 4) is 0 Å². The van der Waals surface area contributed by atoms with Gasteiger partial charge in [-0.1, -0.05) is 19.0 Å². The third-order valence-electron chi connectivity index (χ3n) is 5.89. The van der Waals surface area contributed by atoms with Crippen LogP contribution in [0.3, 0.4) is 0 Å². The first-order chi connectivity index (χ1) is 14.6. The normalized spacial score (nSPS) is 18.7. The summed E-state index contributed by atoms with van der Waals surface area (Å²) in [5, 5.41) is 6.46. The second kappa shape index (κ2) is 7.96. The van der Waals surface area contributed by atoms with Gasteiger partial charge in [0, 0.05) is 50.7 Å². The predicted octanol–water partition coefficient (Wildman–Crippen LogP) is 2.44. The van der Waals surface area contributed by atoms with Crippen molar-refractivity contribution in [2.45, 2.75) is 40.5 Å². The van der Waals surface area contributed by atoms with Crippen LogP contribution in [0, 0.1) is 19.3 Å². The molecule has 1 N–H and O–H groups in total. The van der Waals surface area contributed by atoms with Crippen molar-refractivity contribution in [1.82, 2.24) is 15.0 Å². The van der Waals surface area contributed by atoms with E-state index in [9.17, 15) is 14.4 Å². The van der Waals surface area contributed by atoms with Gasteiger partial charge in [-0.2, -0.15) is 0 Å². The molecule has 2 amide bonds. The summed E-state index contributed by atoms with van der Waals surface area (Å²) in [5.74, 6) is 1.59. The second-order valence-corrected chi connectivity index (χ2v) is 9.23. The highest BCUT2D eigenvalue weighted by Gasteiger charge is 2.38. The van der Waals surface area contributed by atoms with E-state index in [4.69, 9.17) is 8.94 Å². The first-order valence-electron chi connectivity index (χ1n) is 10.5. The summed E-state index contributed by atoms with van der Waals surface area (Å²) in [6.07, 6.45) is 1.11. The van der Waals surface area contributed by atoms with E-state index in [2.05, 4.69) is 10.5 Å². The number of nitrogens with one attached hydrogen (secondary N) is 1. The quantitative estimate of drug-likeness (QED) is 0.797. The zero-order valence-corrected chi connectivity index (χ0v) is 18.4. The molecule has 0 radical (unpaired) electrons. The smallest absolute Gasteiger partial charge is 0.289 e. The summed E-state index contributed by atoms with van der Waals surface area (Å²) in [7, 11) is 0. The lowest BCUT2D eigenvalue weighted by Gasteiger charge is -2.33. The number of carbonyl (C=O) groups is 3. The summed E-state index contributed by atoms with van der Waals surface area (Å²) in [6, 6.07) is 1.66. The first kappa shape index (κ1) is 21.3. The predicted molar refractivity (Wildman–Crippen MR) is 112 cm³/mol. The topological polar surface area (TPSA) is 109 Å². The average Bonchev–Trinajstić information content (AvgIpc) is 3.23. The number of rotatable bonds is 4. The number of aromatic nitrogens is 1. The molecule has 0 bridgehead atoms.